The van der Waals surface area contributed by atoms with E-state index in [2.05, 4.69) is 61.7 Å². The molecule has 0 bridgehead atoms. The molecule has 1 saturated heterocycles. The van der Waals surface area contributed by atoms with Gasteiger partial charge in [0.25, 0.3) is 0 Å². The fourth-order valence-electron chi connectivity index (χ4n) is 4.83. The van der Waals surface area contributed by atoms with Gasteiger partial charge in [0, 0.05) is 0 Å². The van der Waals surface area contributed by atoms with Crippen LogP contribution in [-0.2, 0) is 16.5 Å². The molecule has 0 spiro atoms. The summed E-state index contributed by atoms with van der Waals surface area (Å²) < 4.78 is 29.4. The SMILES string of the molecule is C=C[Si]1(C)O[Si](c2ccccc2)(c2ccccc2)O[Si](C)(C=C)O[Si](c2ccccc2)(c2ccccc2)O1. The molecule has 4 aromatic carbocycles. The van der Waals surface area contributed by atoms with Crippen molar-refractivity contribution in [2.24, 2.45) is 0 Å². The Morgan fingerprint density at radius 2 is 0.632 bits per heavy atom. The third kappa shape index (κ3) is 4.93. The third-order valence-corrected chi connectivity index (χ3v) is 23.7. The fraction of sp³-hybridized carbons (Fsp3) is 0.0667. The van der Waals surface area contributed by atoms with E-state index < -0.39 is 34.2 Å². The van der Waals surface area contributed by atoms with Gasteiger partial charge in [0.1, 0.15) is 0 Å². The summed E-state index contributed by atoms with van der Waals surface area (Å²) in [5.74, 6) is 0. The van der Waals surface area contributed by atoms with Gasteiger partial charge >= 0.3 is 34.2 Å². The highest BCUT2D eigenvalue weighted by Crippen LogP contribution is 2.32. The number of rotatable bonds is 6. The summed E-state index contributed by atoms with van der Waals surface area (Å²) in [5.41, 5.74) is 3.72. The van der Waals surface area contributed by atoms with E-state index in [9.17, 15) is 0 Å². The van der Waals surface area contributed by atoms with Crippen LogP contribution in [0.1, 0.15) is 0 Å². The van der Waals surface area contributed by atoms with E-state index in [1.165, 1.54) is 0 Å². The first-order valence-electron chi connectivity index (χ1n) is 12.7. The van der Waals surface area contributed by atoms with Crippen LogP contribution in [0.2, 0.25) is 13.1 Å². The number of hydrogen-bond donors (Lipinski definition) is 0. The van der Waals surface area contributed by atoms with E-state index >= 15 is 0 Å². The average molecular weight is 569 g/mol. The Hall–Kier alpha value is -2.93. The lowest BCUT2D eigenvalue weighted by Crippen LogP contribution is -2.79. The summed E-state index contributed by atoms with van der Waals surface area (Å²) >= 11 is 0. The second-order valence-corrected chi connectivity index (χ2v) is 22.5. The zero-order valence-corrected chi connectivity index (χ0v) is 25.7. The third-order valence-electron chi connectivity index (χ3n) is 6.74. The Morgan fingerprint density at radius 3 is 0.816 bits per heavy atom. The summed E-state index contributed by atoms with van der Waals surface area (Å²) in [7, 11) is -13.0. The van der Waals surface area contributed by atoms with Crippen LogP contribution in [0.25, 0.3) is 0 Å². The van der Waals surface area contributed by atoms with Gasteiger partial charge < -0.3 is 16.5 Å². The zero-order chi connectivity index (χ0) is 26.7. The maximum absolute atomic E-state index is 7.34. The van der Waals surface area contributed by atoms with Crippen LogP contribution in [0.4, 0.5) is 0 Å². The van der Waals surface area contributed by atoms with E-state index in [0.29, 0.717) is 0 Å². The van der Waals surface area contributed by atoms with Crippen molar-refractivity contribution in [1.82, 2.24) is 0 Å². The first kappa shape index (κ1) is 26.7. The number of hydrogen-bond acceptors (Lipinski definition) is 4. The summed E-state index contributed by atoms with van der Waals surface area (Å²) in [6.45, 7) is 12.5. The van der Waals surface area contributed by atoms with Crippen LogP contribution in [-0.4, -0.2) is 34.2 Å². The van der Waals surface area contributed by atoms with Crippen LogP contribution < -0.4 is 20.7 Å². The van der Waals surface area contributed by atoms with Gasteiger partial charge in [0.2, 0.25) is 0 Å². The minimum absolute atomic E-state index is 0.994. The Morgan fingerprint density at radius 1 is 0.421 bits per heavy atom. The smallest absolute Gasteiger partial charge is 0.389 e. The standard InChI is InChI=1S/C30H32O4Si4/c1-5-35(3)31-37(27-19-11-7-12-20-27,28-21-13-8-14-22-28)33-36(4,6-2)34-38(32-35,29-23-15-9-16-24-29)30-25-17-10-18-26-30/h5-26H,1-2H2,3-4H3. The molecule has 4 aromatic rings. The van der Waals surface area contributed by atoms with Crippen molar-refractivity contribution >= 4 is 55.0 Å². The van der Waals surface area contributed by atoms with Gasteiger partial charge in [0.05, 0.1) is 0 Å². The lowest BCUT2D eigenvalue weighted by molar-refractivity contribution is 0.259. The molecule has 1 fully saturated rings. The summed E-state index contributed by atoms with van der Waals surface area (Å²) in [5, 5.41) is 3.97. The molecule has 0 atom stereocenters. The summed E-state index contributed by atoms with van der Waals surface area (Å²) in [6, 6.07) is 40.8. The van der Waals surface area contributed by atoms with Crippen molar-refractivity contribution in [2.75, 3.05) is 0 Å². The maximum atomic E-state index is 7.34. The average Bonchev–Trinajstić information content (AvgIpc) is 2.97. The van der Waals surface area contributed by atoms with Gasteiger partial charge in [-0.05, 0) is 33.8 Å². The second kappa shape index (κ2) is 10.7. The fourth-order valence-corrected chi connectivity index (χ4v) is 24.4. The van der Waals surface area contributed by atoms with E-state index in [1.54, 1.807) is 0 Å². The molecule has 0 amide bonds. The zero-order valence-electron chi connectivity index (χ0n) is 21.7. The molecular weight excluding hydrogens is 537 g/mol. The quantitative estimate of drug-likeness (QED) is 0.327. The predicted octanol–water partition coefficient (Wildman–Crippen LogP) is 4.17. The maximum Gasteiger partial charge on any atom is 0.389 e. The molecule has 0 radical (unpaired) electrons. The van der Waals surface area contributed by atoms with Crippen molar-refractivity contribution in [2.45, 2.75) is 13.1 Å². The molecule has 4 nitrogen and oxygen atoms in total. The minimum Gasteiger partial charge on any atom is -0.406 e. The van der Waals surface area contributed by atoms with Crippen molar-refractivity contribution in [3.8, 4) is 0 Å². The van der Waals surface area contributed by atoms with Gasteiger partial charge in [-0.25, -0.2) is 0 Å². The molecular formula is C30H32O4Si4. The second-order valence-electron chi connectivity index (χ2n) is 9.55. The van der Waals surface area contributed by atoms with E-state index in [0.717, 1.165) is 20.7 Å². The molecule has 0 saturated carbocycles. The van der Waals surface area contributed by atoms with Crippen LogP contribution >= 0.6 is 0 Å². The molecule has 5 rings (SSSR count). The highest BCUT2D eigenvalue weighted by molar-refractivity contribution is 7.09. The minimum atomic E-state index is -3.34. The molecule has 8 heteroatoms. The lowest BCUT2D eigenvalue weighted by Gasteiger charge is -2.50. The summed E-state index contributed by atoms with van der Waals surface area (Å²) in [6.07, 6.45) is 0. The first-order chi connectivity index (χ1) is 18.4. The Labute approximate surface area is 229 Å². The van der Waals surface area contributed by atoms with Crippen molar-refractivity contribution < 1.29 is 16.5 Å². The Balaban J connectivity index is 1.79. The molecule has 1 aliphatic heterocycles. The highest BCUT2D eigenvalue weighted by atomic mass is 28.5. The molecule has 1 aliphatic rings. The van der Waals surface area contributed by atoms with Crippen molar-refractivity contribution in [1.29, 1.82) is 0 Å². The predicted molar refractivity (Wildman–Crippen MR) is 164 cm³/mol. The number of benzene rings is 4. The van der Waals surface area contributed by atoms with Crippen LogP contribution in [0.5, 0.6) is 0 Å². The van der Waals surface area contributed by atoms with Crippen molar-refractivity contribution in [3.63, 3.8) is 0 Å². The van der Waals surface area contributed by atoms with Gasteiger partial charge in [-0.2, -0.15) is 0 Å². The molecule has 0 aliphatic carbocycles. The molecule has 0 aromatic heterocycles. The normalized spacial score (nSPS) is 24.5. The van der Waals surface area contributed by atoms with Crippen LogP contribution in [0.15, 0.2) is 146 Å². The van der Waals surface area contributed by atoms with Gasteiger partial charge in [-0.3, -0.25) is 0 Å². The first-order valence-corrected chi connectivity index (χ1v) is 21.1. The Kier molecular flexibility index (Phi) is 7.49. The summed E-state index contributed by atoms with van der Waals surface area (Å²) in [4.78, 5) is 0. The molecule has 1 heterocycles. The van der Waals surface area contributed by atoms with E-state index in [4.69, 9.17) is 16.5 Å². The monoisotopic (exact) mass is 568 g/mol. The van der Waals surface area contributed by atoms with Crippen molar-refractivity contribution in [3.05, 3.63) is 146 Å². The van der Waals surface area contributed by atoms with Crippen LogP contribution in [0, 0.1) is 0 Å². The van der Waals surface area contributed by atoms with Crippen LogP contribution in [0.3, 0.4) is 0 Å². The molecule has 0 unspecified atom stereocenters. The van der Waals surface area contributed by atoms with E-state index in [-0.39, 0.29) is 0 Å². The Bertz CT molecular complexity index is 1180. The molecule has 192 valence electrons. The van der Waals surface area contributed by atoms with Gasteiger partial charge in [0.15, 0.2) is 0 Å². The lowest BCUT2D eigenvalue weighted by atomic mass is 10.4. The van der Waals surface area contributed by atoms with Gasteiger partial charge in [-0.15, -0.1) is 13.2 Å². The highest BCUT2D eigenvalue weighted by Gasteiger charge is 2.61. The van der Waals surface area contributed by atoms with E-state index in [1.807, 2.05) is 97.3 Å². The largest absolute Gasteiger partial charge is 0.406 e. The molecule has 0 N–H and O–H groups in total. The van der Waals surface area contributed by atoms with Gasteiger partial charge in [-0.1, -0.05) is 133 Å². The molecule has 38 heavy (non-hydrogen) atoms. The topological polar surface area (TPSA) is 36.9 Å².